The molecule has 0 saturated carbocycles. The summed E-state index contributed by atoms with van der Waals surface area (Å²) < 4.78 is 1.89. The van der Waals surface area contributed by atoms with Crippen LogP contribution in [0.1, 0.15) is 35.6 Å². The van der Waals surface area contributed by atoms with Crippen LogP contribution in [-0.4, -0.2) is 50.6 Å². The van der Waals surface area contributed by atoms with Gasteiger partial charge in [-0.25, -0.2) is 9.69 Å². The normalized spacial score (nSPS) is 14.6. The van der Waals surface area contributed by atoms with Crippen LogP contribution in [0, 0.1) is 13.8 Å². The average molecular weight is 402 g/mol. The molecule has 2 heterocycles. The molecule has 1 aromatic heterocycles. The van der Waals surface area contributed by atoms with Crippen LogP contribution in [0.15, 0.2) is 30.3 Å². The van der Waals surface area contributed by atoms with Gasteiger partial charge in [-0.1, -0.05) is 11.6 Å². The molecule has 8 heteroatoms. The third kappa shape index (κ3) is 3.22. The number of aryl methyl sites for hydroxylation is 1. The Hall–Kier alpha value is -2.93. The number of Topliss-reactive ketones (excluding diaryl/α,β-unsaturated/α-hetero) is 1. The summed E-state index contributed by atoms with van der Waals surface area (Å²) in [5, 5.41) is 0.605. The zero-order valence-electron chi connectivity index (χ0n) is 16.0. The molecular formula is C20H20ClN3O4. The van der Waals surface area contributed by atoms with Gasteiger partial charge in [0.15, 0.2) is 5.78 Å². The minimum Gasteiger partial charge on any atom is -0.318 e. The van der Waals surface area contributed by atoms with Crippen LogP contribution in [-0.2, 0) is 9.59 Å². The standard InChI is InChI=1S/C20H20ClN3O4/c1-11(2)23-19(27)18(26)22(20(23)28)10-17(25)16-9-12(3)24(13(16)4)15-7-5-14(21)6-8-15/h5-9,11H,10H2,1-4H3. The number of halogens is 1. The van der Waals surface area contributed by atoms with Crippen molar-refractivity contribution in [3.05, 3.63) is 52.3 Å². The molecule has 1 aromatic carbocycles. The van der Waals surface area contributed by atoms with E-state index in [0.29, 0.717) is 21.2 Å². The maximum absolute atomic E-state index is 12.8. The zero-order valence-corrected chi connectivity index (χ0v) is 16.8. The first-order valence-electron chi connectivity index (χ1n) is 8.80. The van der Waals surface area contributed by atoms with Crippen molar-refractivity contribution in [2.24, 2.45) is 0 Å². The minimum absolute atomic E-state index is 0.392. The number of nitrogens with zero attached hydrogens (tertiary/aromatic N) is 3. The Morgan fingerprint density at radius 3 is 2.18 bits per heavy atom. The van der Waals surface area contributed by atoms with Crippen LogP contribution < -0.4 is 0 Å². The highest BCUT2D eigenvalue weighted by Crippen LogP contribution is 2.24. The predicted molar refractivity (Wildman–Crippen MR) is 104 cm³/mol. The second-order valence-corrected chi connectivity index (χ2v) is 7.40. The second-order valence-electron chi connectivity index (χ2n) is 6.96. The van der Waals surface area contributed by atoms with E-state index in [2.05, 4.69) is 0 Å². The molecule has 3 rings (SSSR count). The van der Waals surface area contributed by atoms with E-state index in [9.17, 15) is 19.2 Å². The van der Waals surface area contributed by atoms with Crippen molar-refractivity contribution < 1.29 is 19.2 Å². The fourth-order valence-corrected chi connectivity index (χ4v) is 3.50. The number of hydrogen-bond donors (Lipinski definition) is 0. The fraction of sp³-hybridized carbons (Fsp3) is 0.300. The van der Waals surface area contributed by atoms with Crippen molar-refractivity contribution >= 4 is 35.2 Å². The van der Waals surface area contributed by atoms with E-state index in [1.54, 1.807) is 39.0 Å². The number of imide groups is 2. The van der Waals surface area contributed by atoms with Gasteiger partial charge in [0.05, 0.1) is 6.54 Å². The first-order chi connectivity index (χ1) is 13.1. The van der Waals surface area contributed by atoms with E-state index in [0.717, 1.165) is 16.3 Å². The Kier molecular flexibility index (Phi) is 5.12. The van der Waals surface area contributed by atoms with E-state index in [-0.39, 0.29) is 0 Å². The number of benzene rings is 1. The number of carbonyl (C=O) groups is 4. The zero-order chi connectivity index (χ0) is 20.7. The number of rotatable bonds is 5. The Bertz CT molecular complexity index is 992. The van der Waals surface area contributed by atoms with E-state index in [1.165, 1.54) is 0 Å². The van der Waals surface area contributed by atoms with Gasteiger partial charge in [0.1, 0.15) is 0 Å². The largest absolute Gasteiger partial charge is 0.334 e. The summed E-state index contributed by atoms with van der Waals surface area (Å²) in [6.45, 7) is 6.43. The van der Waals surface area contributed by atoms with Gasteiger partial charge in [-0.05, 0) is 58.0 Å². The van der Waals surface area contributed by atoms with Crippen molar-refractivity contribution in [2.45, 2.75) is 33.7 Å². The van der Waals surface area contributed by atoms with E-state index in [1.807, 2.05) is 23.6 Å². The summed E-state index contributed by atoms with van der Waals surface area (Å²) >= 11 is 5.94. The van der Waals surface area contributed by atoms with Crippen LogP contribution in [0.3, 0.4) is 0 Å². The van der Waals surface area contributed by atoms with Crippen molar-refractivity contribution in [3.8, 4) is 5.69 Å². The van der Waals surface area contributed by atoms with Crippen LogP contribution in [0.4, 0.5) is 4.79 Å². The van der Waals surface area contributed by atoms with Crippen molar-refractivity contribution in [2.75, 3.05) is 6.54 Å². The lowest BCUT2D eigenvalue weighted by Crippen LogP contribution is -2.39. The Morgan fingerprint density at radius 2 is 1.64 bits per heavy atom. The van der Waals surface area contributed by atoms with E-state index >= 15 is 0 Å². The van der Waals surface area contributed by atoms with E-state index < -0.39 is 36.2 Å². The number of carbonyl (C=O) groups excluding carboxylic acids is 4. The Morgan fingerprint density at radius 1 is 1.04 bits per heavy atom. The lowest BCUT2D eigenvalue weighted by molar-refractivity contribution is -0.143. The van der Waals surface area contributed by atoms with E-state index in [4.69, 9.17) is 11.6 Å². The minimum atomic E-state index is -0.974. The van der Waals surface area contributed by atoms with Crippen molar-refractivity contribution in [1.29, 1.82) is 0 Å². The van der Waals surface area contributed by atoms with Crippen LogP contribution in [0.5, 0.6) is 0 Å². The lowest BCUT2D eigenvalue weighted by Gasteiger charge is -2.18. The SMILES string of the molecule is Cc1cc(C(=O)CN2C(=O)C(=O)N(C(C)C)C2=O)c(C)n1-c1ccc(Cl)cc1. The van der Waals surface area contributed by atoms with Gasteiger partial charge >= 0.3 is 17.8 Å². The average Bonchev–Trinajstić information content (AvgIpc) is 3.04. The molecule has 0 unspecified atom stereocenters. The maximum Gasteiger partial charge on any atom is 0.334 e. The molecule has 28 heavy (non-hydrogen) atoms. The molecule has 0 aliphatic carbocycles. The number of hydrogen-bond acceptors (Lipinski definition) is 4. The first kappa shape index (κ1) is 19.8. The predicted octanol–water partition coefficient (Wildman–Crippen LogP) is 3.13. The van der Waals surface area contributed by atoms with Gasteiger partial charge in [0, 0.05) is 33.7 Å². The highest BCUT2D eigenvalue weighted by Gasteiger charge is 2.46. The molecule has 1 aliphatic rings. The summed E-state index contributed by atoms with van der Waals surface area (Å²) in [6, 6.07) is 7.67. The molecule has 0 N–H and O–H groups in total. The highest BCUT2D eigenvalue weighted by atomic mass is 35.5. The second kappa shape index (κ2) is 7.24. The molecule has 0 spiro atoms. The van der Waals surface area contributed by atoms with Gasteiger partial charge in [0.25, 0.3) is 0 Å². The van der Waals surface area contributed by atoms with Gasteiger partial charge in [0.2, 0.25) is 0 Å². The molecule has 146 valence electrons. The summed E-state index contributed by atoms with van der Waals surface area (Å²) in [5.74, 6) is -2.29. The summed E-state index contributed by atoms with van der Waals surface area (Å²) in [7, 11) is 0. The van der Waals surface area contributed by atoms with Gasteiger partial charge < -0.3 is 4.57 Å². The molecule has 0 radical (unpaired) electrons. The van der Waals surface area contributed by atoms with Gasteiger partial charge in [-0.3, -0.25) is 19.3 Å². The Labute approximate surface area is 167 Å². The molecule has 0 atom stereocenters. The molecular weight excluding hydrogens is 382 g/mol. The Balaban J connectivity index is 1.89. The van der Waals surface area contributed by atoms with Crippen LogP contribution in [0.2, 0.25) is 5.02 Å². The summed E-state index contributed by atoms with van der Waals surface area (Å²) in [5.41, 5.74) is 2.73. The molecule has 1 saturated heterocycles. The maximum atomic E-state index is 12.8. The molecule has 7 nitrogen and oxygen atoms in total. The molecule has 0 bridgehead atoms. The lowest BCUT2D eigenvalue weighted by atomic mass is 10.1. The van der Waals surface area contributed by atoms with Crippen LogP contribution >= 0.6 is 11.6 Å². The van der Waals surface area contributed by atoms with Gasteiger partial charge in [-0.2, -0.15) is 0 Å². The topological polar surface area (TPSA) is 79.7 Å². The third-order valence-electron chi connectivity index (χ3n) is 4.72. The number of urea groups is 1. The molecule has 1 fully saturated rings. The highest BCUT2D eigenvalue weighted by molar-refractivity contribution is 6.45. The van der Waals surface area contributed by atoms with Crippen molar-refractivity contribution in [1.82, 2.24) is 14.4 Å². The number of aromatic nitrogens is 1. The first-order valence-corrected chi connectivity index (χ1v) is 9.18. The smallest absolute Gasteiger partial charge is 0.318 e. The van der Waals surface area contributed by atoms with Gasteiger partial charge in [-0.15, -0.1) is 0 Å². The van der Waals surface area contributed by atoms with Crippen LogP contribution in [0.25, 0.3) is 5.69 Å². The van der Waals surface area contributed by atoms with Crippen molar-refractivity contribution in [3.63, 3.8) is 0 Å². The molecule has 1 aliphatic heterocycles. The summed E-state index contributed by atoms with van der Waals surface area (Å²) in [4.78, 5) is 51.0. The summed E-state index contributed by atoms with van der Waals surface area (Å²) in [6.07, 6.45) is 0. The quantitative estimate of drug-likeness (QED) is 0.438. The molecule has 4 amide bonds. The number of ketones is 1. The molecule has 2 aromatic rings. The monoisotopic (exact) mass is 401 g/mol. The number of amides is 4. The fourth-order valence-electron chi connectivity index (χ4n) is 3.38. The third-order valence-corrected chi connectivity index (χ3v) is 4.97.